The van der Waals surface area contributed by atoms with Crippen LogP contribution in [0.2, 0.25) is 0 Å². The Morgan fingerprint density at radius 3 is 3.00 bits per heavy atom. The normalized spacial score (nSPS) is 16.3. The highest BCUT2D eigenvalue weighted by molar-refractivity contribution is 5.91. The predicted octanol–water partition coefficient (Wildman–Crippen LogP) is 3.96. The summed E-state index contributed by atoms with van der Waals surface area (Å²) in [5.41, 5.74) is 1.63. The van der Waals surface area contributed by atoms with Crippen LogP contribution in [0.25, 0.3) is 0 Å². The highest BCUT2D eigenvalue weighted by Crippen LogP contribution is 2.22. The summed E-state index contributed by atoms with van der Waals surface area (Å²) in [7, 11) is 0. The number of carbonyl (C=O) groups excluding carboxylic acids is 1. The number of amides is 1. The van der Waals surface area contributed by atoms with Gasteiger partial charge in [0, 0.05) is 24.4 Å². The van der Waals surface area contributed by atoms with Crippen LogP contribution in [-0.4, -0.2) is 10.9 Å². The Morgan fingerprint density at radius 2 is 2.22 bits per heavy atom. The lowest BCUT2D eigenvalue weighted by atomic mass is 10.1. The van der Waals surface area contributed by atoms with Crippen molar-refractivity contribution in [2.45, 2.75) is 25.9 Å². The Bertz CT molecular complexity index is 683. The van der Waals surface area contributed by atoms with Crippen molar-refractivity contribution in [3.63, 3.8) is 0 Å². The van der Waals surface area contributed by atoms with Crippen LogP contribution >= 0.6 is 0 Å². The number of ether oxygens (including phenoxy) is 1. The van der Waals surface area contributed by atoms with E-state index < -0.39 is 0 Å². The predicted molar refractivity (Wildman–Crippen MR) is 90.1 cm³/mol. The molecule has 1 aromatic heterocycles. The zero-order valence-electron chi connectivity index (χ0n) is 12.9. The highest BCUT2D eigenvalue weighted by Gasteiger charge is 2.14. The van der Waals surface area contributed by atoms with Gasteiger partial charge in [0.15, 0.2) is 0 Å². The van der Waals surface area contributed by atoms with Crippen molar-refractivity contribution in [2.75, 3.05) is 5.32 Å². The molecule has 1 amide bonds. The van der Waals surface area contributed by atoms with Crippen molar-refractivity contribution in [1.82, 2.24) is 4.98 Å². The first-order chi connectivity index (χ1) is 11.3. The van der Waals surface area contributed by atoms with Crippen molar-refractivity contribution in [1.29, 1.82) is 0 Å². The topological polar surface area (TPSA) is 51.2 Å². The molecular formula is C19H20N2O2. The number of nitrogens with one attached hydrogen (secondary N) is 1. The number of nitrogens with zero attached hydrogens (tertiary/aromatic N) is 1. The second-order valence-electron chi connectivity index (χ2n) is 5.66. The summed E-state index contributed by atoms with van der Waals surface area (Å²) >= 11 is 0. The van der Waals surface area contributed by atoms with Gasteiger partial charge >= 0.3 is 0 Å². The molecule has 0 bridgehead atoms. The molecule has 1 aliphatic rings. The van der Waals surface area contributed by atoms with Gasteiger partial charge in [0.25, 0.3) is 0 Å². The quantitative estimate of drug-likeness (QED) is 0.822. The molecule has 1 heterocycles. The van der Waals surface area contributed by atoms with E-state index >= 15 is 0 Å². The smallest absolute Gasteiger partial charge is 0.224 e. The van der Waals surface area contributed by atoms with Crippen LogP contribution in [0, 0.1) is 5.92 Å². The van der Waals surface area contributed by atoms with Crippen molar-refractivity contribution in [3.8, 4) is 5.75 Å². The molecule has 1 aromatic carbocycles. The van der Waals surface area contributed by atoms with Gasteiger partial charge < -0.3 is 10.1 Å². The van der Waals surface area contributed by atoms with Crippen LogP contribution in [0.15, 0.2) is 60.8 Å². The molecule has 4 nitrogen and oxygen atoms in total. The number of rotatable bonds is 6. The first-order valence-corrected chi connectivity index (χ1v) is 7.89. The van der Waals surface area contributed by atoms with E-state index in [1.165, 1.54) is 0 Å². The fourth-order valence-electron chi connectivity index (χ4n) is 2.62. The van der Waals surface area contributed by atoms with E-state index in [-0.39, 0.29) is 5.91 Å². The number of benzene rings is 1. The lowest BCUT2D eigenvalue weighted by molar-refractivity contribution is -0.116. The summed E-state index contributed by atoms with van der Waals surface area (Å²) in [6.07, 6.45) is 8.70. The third-order valence-electron chi connectivity index (χ3n) is 3.79. The number of pyridine rings is 1. The Labute approximate surface area is 136 Å². The van der Waals surface area contributed by atoms with Crippen molar-refractivity contribution >= 4 is 11.6 Å². The molecule has 0 fully saturated rings. The minimum absolute atomic E-state index is 0.0448. The van der Waals surface area contributed by atoms with Gasteiger partial charge in [-0.25, -0.2) is 0 Å². The standard InChI is InChI=1S/C19H20N2O2/c22-19(12-15-6-1-2-7-15)21-16-9-5-10-18(13-16)23-14-17-8-3-4-11-20-17/h1,3-6,8-11,13,15H,2,7,12,14H2,(H,21,22)/t15-/m0/s1. The lowest BCUT2D eigenvalue weighted by Crippen LogP contribution is -2.14. The summed E-state index contributed by atoms with van der Waals surface area (Å²) in [5, 5.41) is 2.94. The second kappa shape index (κ2) is 7.58. The minimum atomic E-state index is 0.0448. The summed E-state index contributed by atoms with van der Waals surface area (Å²) < 4.78 is 5.72. The van der Waals surface area contributed by atoms with Crippen molar-refractivity contribution in [3.05, 3.63) is 66.5 Å². The molecule has 1 aliphatic carbocycles. The molecule has 118 valence electrons. The molecule has 0 radical (unpaired) electrons. The van der Waals surface area contributed by atoms with Gasteiger partial charge in [-0.1, -0.05) is 24.3 Å². The van der Waals surface area contributed by atoms with E-state index in [2.05, 4.69) is 22.5 Å². The fourth-order valence-corrected chi connectivity index (χ4v) is 2.62. The van der Waals surface area contributed by atoms with E-state index in [0.29, 0.717) is 24.7 Å². The average Bonchev–Trinajstić information content (AvgIpc) is 3.07. The molecule has 0 unspecified atom stereocenters. The molecule has 0 spiro atoms. The largest absolute Gasteiger partial charge is 0.487 e. The molecule has 2 aromatic rings. The first kappa shape index (κ1) is 15.3. The number of hydrogen-bond acceptors (Lipinski definition) is 3. The number of anilines is 1. The molecule has 1 N–H and O–H groups in total. The van der Waals surface area contributed by atoms with Gasteiger partial charge in [0.2, 0.25) is 5.91 Å². The van der Waals surface area contributed by atoms with Crippen LogP contribution in [0.4, 0.5) is 5.69 Å². The van der Waals surface area contributed by atoms with E-state index in [0.717, 1.165) is 24.2 Å². The maximum atomic E-state index is 12.1. The maximum Gasteiger partial charge on any atom is 0.224 e. The van der Waals surface area contributed by atoms with Gasteiger partial charge in [0.1, 0.15) is 12.4 Å². The van der Waals surface area contributed by atoms with E-state index in [4.69, 9.17) is 4.74 Å². The first-order valence-electron chi connectivity index (χ1n) is 7.89. The summed E-state index contributed by atoms with van der Waals surface area (Å²) in [5.74, 6) is 1.14. The maximum absolute atomic E-state index is 12.1. The number of hydrogen-bond donors (Lipinski definition) is 1. The van der Waals surface area contributed by atoms with E-state index in [1.807, 2.05) is 42.5 Å². The van der Waals surface area contributed by atoms with Crippen molar-refractivity contribution in [2.24, 2.45) is 5.92 Å². The molecule has 23 heavy (non-hydrogen) atoms. The number of carbonyl (C=O) groups is 1. The lowest BCUT2D eigenvalue weighted by Gasteiger charge is -2.10. The zero-order valence-corrected chi connectivity index (χ0v) is 12.9. The molecule has 0 saturated carbocycles. The number of aromatic nitrogens is 1. The molecule has 0 aliphatic heterocycles. The number of allylic oxidation sites excluding steroid dienone is 2. The average molecular weight is 308 g/mol. The Kier molecular flexibility index (Phi) is 5.04. The zero-order chi connectivity index (χ0) is 15.9. The van der Waals surface area contributed by atoms with Gasteiger partial charge in [-0.15, -0.1) is 0 Å². The second-order valence-corrected chi connectivity index (χ2v) is 5.66. The monoisotopic (exact) mass is 308 g/mol. The van der Waals surface area contributed by atoms with Gasteiger partial charge in [-0.2, -0.15) is 0 Å². The Hall–Kier alpha value is -2.62. The fraction of sp³-hybridized carbons (Fsp3) is 0.263. The highest BCUT2D eigenvalue weighted by atomic mass is 16.5. The van der Waals surface area contributed by atoms with Gasteiger partial charge in [-0.3, -0.25) is 9.78 Å². The van der Waals surface area contributed by atoms with E-state index in [9.17, 15) is 4.79 Å². The third-order valence-corrected chi connectivity index (χ3v) is 3.79. The van der Waals surface area contributed by atoms with Gasteiger partial charge in [0.05, 0.1) is 5.69 Å². The molecule has 3 rings (SSSR count). The van der Waals surface area contributed by atoms with Gasteiger partial charge in [-0.05, 0) is 43.0 Å². The molecular weight excluding hydrogens is 288 g/mol. The Morgan fingerprint density at radius 1 is 1.26 bits per heavy atom. The molecule has 0 saturated heterocycles. The summed E-state index contributed by atoms with van der Waals surface area (Å²) in [6.45, 7) is 0.408. The van der Waals surface area contributed by atoms with Crippen LogP contribution in [0.5, 0.6) is 5.75 Å². The SMILES string of the molecule is O=C(C[C@H]1C=CCC1)Nc1cccc(OCc2ccccn2)c1. The summed E-state index contributed by atoms with van der Waals surface area (Å²) in [6, 6.07) is 13.2. The molecule has 1 atom stereocenters. The minimum Gasteiger partial charge on any atom is -0.487 e. The van der Waals surface area contributed by atoms with Crippen LogP contribution in [0.1, 0.15) is 25.0 Å². The van der Waals surface area contributed by atoms with Crippen LogP contribution < -0.4 is 10.1 Å². The summed E-state index contributed by atoms with van der Waals surface area (Å²) in [4.78, 5) is 16.3. The van der Waals surface area contributed by atoms with E-state index in [1.54, 1.807) is 6.20 Å². The van der Waals surface area contributed by atoms with Crippen molar-refractivity contribution < 1.29 is 9.53 Å². The van der Waals surface area contributed by atoms with Crippen LogP contribution in [-0.2, 0) is 11.4 Å². The van der Waals surface area contributed by atoms with Crippen LogP contribution in [0.3, 0.4) is 0 Å². The third kappa shape index (κ3) is 4.68. The molecule has 4 heteroatoms. The Balaban J connectivity index is 1.54.